The van der Waals surface area contributed by atoms with Crippen LogP contribution in [-0.4, -0.2) is 31.2 Å². The molecule has 0 aliphatic carbocycles. The molecular formula is C21H32N2OSi2. The first-order chi connectivity index (χ1) is 12.1. The van der Waals surface area contributed by atoms with Crippen molar-refractivity contribution in [2.75, 3.05) is 0 Å². The first-order valence-corrected chi connectivity index (χ1v) is 14.7. The first kappa shape index (κ1) is 20.7. The molecule has 0 aromatic carbocycles. The van der Waals surface area contributed by atoms with Crippen molar-refractivity contribution in [1.82, 2.24) is 9.97 Å². The molecule has 26 heavy (non-hydrogen) atoms. The normalized spacial score (nSPS) is 12.7. The van der Waals surface area contributed by atoms with Crippen LogP contribution in [0.4, 0.5) is 0 Å². The molecular weight excluding hydrogens is 352 g/mol. The van der Waals surface area contributed by atoms with E-state index in [0.717, 1.165) is 22.6 Å². The standard InChI is InChI=1S/C21H32N2OSi2/c1-8-13-25(6,7)18-9-11-20(22-14-18)21-12-10-19(15-23-21)26(24,16(2)3)17(4)5/h8-12,14-17,24H,1,13H2,2-7H3. The van der Waals surface area contributed by atoms with E-state index in [1.54, 1.807) is 0 Å². The Bertz CT molecular complexity index is 730. The first-order valence-electron chi connectivity index (χ1n) is 9.39. The fourth-order valence-corrected chi connectivity index (χ4v) is 8.73. The molecule has 2 aromatic rings. The Morgan fingerprint density at radius 3 is 1.73 bits per heavy atom. The average molecular weight is 385 g/mol. The van der Waals surface area contributed by atoms with E-state index >= 15 is 0 Å². The lowest BCUT2D eigenvalue weighted by atomic mass is 10.2. The number of hydrogen-bond donors (Lipinski definition) is 1. The highest BCUT2D eigenvalue weighted by Crippen LogP contribution is 2.29. The summed E-state index contributed by atoms with van der Waals surface area (Å²) in [5, 5.41) is 2.33. The highest BCUT2D eigenvalue weighted by atomic mass is 28.4. The van der Waals surface area contributed by atoms with Crippen molar-refractivity contribution in [3.05, 3.63) is 49.3 Å². The van der Waals surface area contributed by atoms with Crippen molar-refractivity contribution in [2.45, 2.75) is 57.9 Å². The Morgan fingerprint density at radius 2 is 1.38 bits per heavy atom. The quantitative estimate of drug-likeness (QED) is 0.574. The molecule has 0 spiro atoms. The zero-order valence-electron chi connectivity index (χ0n) is 17.0. The van der Waals surface area contributed by atoms with Crippen molar-refractivity contribution in [1.29, 1.82) is 0 Å². The predicted octanol–water partition coefficient (Wildman–Crippen LogP) is 4.21. The van der Waals surface area contributed by atoms with E-state index in [2.05, 4.69) is 69.5 Å². The van der Waals surface area contributed by atoms with Gasteiger partial charge in [-0.2, -0.15) is 0 Å². The van der Waals surface area contributed by atoms with Crippen LogP contribution in [0, 0.1) is 0 Å². The van der Waals surface area contributed by atoms with Gasteiger partial charge in [0.05, 0.1) is 19.5 Å². The van der Waals surface area contributed by atoms with E-state index in [1.165, 1.54) is 5.19 Å². The fraction of sp³-hybridized carbons (Fsp3) is 0.429. The van der Waals surface area contributed by atoms with Gasteiger partial charge in [-0.3, -0.25) is 9.97 Å². The van der Waals surface area contributed by atoms with Crippen LogP contribution in [0.3, 0.4) is 0 Å². The lowest BCUT2D eigenvalue weighted by Gasteiger charge is -2.33. The number of nitrogens with zero attached hydrogens (tertiary/aromatic N) is 2. The summed E-state index contributed by atoms with van der Waals surface area (Å²) in [6.45, 7) is 17.0. The summed E-state index contributed by atoms with van der Waals surface area (Å²) >= 11 is 0. The van der Waals surface area contributed by atoms with Crippen molar-refractivity contribution in [3.63, 3.8) is 0 Å². The monoisotopic (exact) mass is 384 g/mol. The molecule has 0 aliphatic heterocycles. The van der Waals surface area contributed by atoms with Crippen molar-refractivity contribution < 1.29 is 4.80 Å². The summed E-state index contributed by atoms with van der Waals surface area (Å²) in [4.78, 5) is 20.5. The van der Waals surface area contributed by atoms with E-state index in [0.29, 0.717) is 0 Å². The second kappa shape index (κ2) is 7.98. The number of aromatic nitrogens is 2. The van der Waals surface area contributed by atoms with Gasteiger partial charge in [-0.05, 0) is 39.6 Å². The number of hydrogen-bond acceptors (Lipinski definition) is 3. The van der Waals surface area contributed by atoms with Crippen LogP contribution < -0.4 is 10.4 Å². The third-order valence-electron chi connectivity index (χ3n) is 5.45. The molecule has 0 radical (unpaired) electrons. The minimum Gasteiger partial charge on any atom is -0.427 e. The van der Waals surface area contributed by atoms with Gasteiger partial charge in [0.15, 0.2) is 0 Å². The van der Waals surface area contributed by atoms with Crippen LogP contribution in [0.5, 0.6) is 0 Å². The summed E-state index contributed by atoms with van der Waals surface area (Å²) in [6, 6.07) is 9.33. The molecule has 2 heterocycles. The smallest absolute Gasteiger partial charge is 0.226 e. The maximum atomic E-state index is 11.3. The Balaban J connectivity index is 2.30. The highest BCUT2D eigenvalue weighted by molar-refractivity contribution is 6.90. The van der Waals surface area contributed by atoms with Crippen molar-refractivity contribution in [2.24, 2.45) is 0 Å². The second-order valence-electron chi connectivity index (χ2n) is 8.38. The molecule has 0 saturated carbocycles. The molecule has 0 fully saturated rings. The van der Waals surface area contributed by atoms with Gasteiger partial charge in [-0.15, -0.1) is 6.58 Å². The summed E-state index contributed by atoms with van der Waals surface area (Å²) in [5.41, 5.74) is 2.24. The Labute approximate surface area is 160 Å². The van der Waals surface area contributed by atoms with Gasteiger partial charge in [-0.1, -0.05) is 59.0 Å². The molecule has 0 saturated heterocycles. The fourth-order valence-electron chi connectivity index (χ4n) is 3.54. The van der Waals surface area contributed by atoms with E-state index < -0.39 is 16.4 Å². The predicted molar refractivity (Wildman–Crippen MR) is 117 cm³/mol. The highest BCUT2D eigenvalue weighted by Gasteiger charge is 2.40. The lowest BCUT2D eigenvalue weighted by molar-refractivity contribution is 0.512. The molecule has 5 heteroatoms. The minimum absolute atomic E-state index is 0.254. The second-order valence-corrected chi connectivity index (χ2v) is 17.7. The maximum absolute atomic E-state index is 11.3. The summed E-state index contributed by atoms with van der Waals surface area (Å²) in [7, 11) is -4.02. The zero-order chi connectivity index (χ0) is 19.5. The van der Waals surface area contributed by atoms with Gasteiger partial charge < -0.3 is 4.80 Å². The number of rotatable bonds is 7. The number of pyridine rings is 2. The van der Waals surface area contributed by atoms with Crippen LogP contribution in [0.25, 0.3) is 11.4 Å². The van der Waals surface area contributed by atoms with E-state index in [-0.39, 0.29) is 11.1 Å². The maximum Gasteiger partial charge on any atom is 0.226 e. The molecule has 140 valence electrons. The van der Waals surface area contributed by atoms with Crippen LogP contribution in [0.15, 0.2) is 49.3 Å². The van der Waals surface area contributed by atoms with Crippen molar-refractivity contribution >= 4 is 26.8 Å². The molecule has 0 unspecified atom stereocenters. The van der Waals surface area contributed by atoms with Gasteiger partial charge >= 0.3 is 0 Å². The van der Waals surface area contributed by atoms with Crippen LogP contribution >= 0.6 is 0 Å². The Morgan fingerprint density at radius 1 is 0.923 bits per heavy atom. The molecule has 0 aliphatic rings. The molecule has 0 amide bonds. The van der Waals surface area contributed by atoms with Gasteiger partial charge in [0.2, 0.25) is 8.32 Å². The average Bonchev–Trinajstić information content (AvgIpc) is 2.61. The van der Waals surface area contributed by atoms with Gasteiger partial charge in [0.1, 0.15) is 0 Å². The lowest BCUT2D eigenvalue weighted by Crippen LogP contribution is -2.53. The summed E-state index contributed by atoms with van der Waals surface area (Å²) in [5.74, 6) is 0. The van der Waals surface area contributed by atoms with Crippen LogP contribution in [0.2, 0.25) is 30.2 Å². The van der Waals surface area contributed by atoms with Crippen LogP contribution in [-0.2, 0) is 0 Å². The summed E-state index contributed by atoms with van der Waals surface area (Å²) < 4.78 is 0. The van der Waals surface area contributed by atoms with Crippen LogP contribution in [0.1, 0.15) is 27.7 Å². The molecule has 0 atom stereocenters. The molecule has 0 bridgehead atoms. The minimum atomic E-state index is -2.53. The molecule has 2 rings (SSSR count). The number of allylic oxidation sites excluding steroid dienone is 1. The topological polar surface area (TPSA) is 46.0 Å². The SMILES string of the molecule is C=CC[Si](C)(C)c1ccc(-c2ccc([Si](O)(C(C)C)C(C)C)cn2)nc1. The van der Waals surface area contributed by atoms with E-state index in [1.807, 2.05) is 30.6 Å². The third kappa shape index (κ3) is 4.05. The van der Waals surface area contributed by atoms with E-state index in [9.17, 15) is 4.80 Å². The molecule has 2 aromatic heterocycles. The largest absolute Gasteiger partial charge is 0.427 e. The molecule has 1 N–H and O–H groups in total. The third-order valence-corrected chi connectivity index (χ3v) is 13.4. The van der Waals surface area contributed by atoms with Gasteiger partial charge in [-0.25, -0.2) is 0 Å². The van der Waals surface area contributed by atoms with Gasteiger partial charge in [0, 0.05) is 12.4 Å². The van der Waals surface area contributed by atoms with E-state index in [4.69, 9.17) is 0 Å². The van der Waals surface area contributed by atoms with Crippen molar-refractivity contribution in [3.8, 4) is 11.4 Å². The Kier molecular flexibility index (Phi) is 6.37. The molecule has 3 nitrogen and oxygen atoms in total. The zero-order valence-corrected chi connectivity index (χ0v) is 19.0. The summed E-state index contributed by atoms with van der Waals surface area (Å²) in [6.07, 6.45) is 5.86. The van der Waals surface area contributed by atoms with Gasteiger partial charge in [0.25, 0.3) is 0 Å². The Hall–Kier alpha value is -1.57.